The normalized spacial score (nSPS) is 9.85. The lowest BCUT2D eigenvalue weighted by atomic mass is 10.2. The smallest absolute Gasteiger partial charge is 0.144 e. The van der Waals surface area contributed by atoms with E-state index in [1.807, 2.05) is 0 Å². The maximum absolute atomic E-state index is 13.4. The molecule has 2 rings (SSSR count). The van der Waals surface area contributed by atoms with E-state index in [-0.39, 0.29) is 12.2 Å². The quantitative estimate of drug-likeness (QED) is 0.869. The number of anilines is 1. The zero-order valence-corrected chi connectivity index (χ0v) is 10.9. The summed E-state index contributed by atoms with van der Waals surface area (Å²) in [5.41, 5.74) is 7.10. The van der Waals surface area contributed by atoms with E-state index < -0.39 is 5.82 Å². The van der Waals surface area contributed by atoms with Crippen LogP contribution in [0.1, 0.15) is 11.1 Å². The van der Waals surface area contributed by atoms with Gasteiger partial charge in [0.2, 0.25) is 0 Å². The molecule has 0 fully saturated rings. The molecule has 4 nitrogen and oxygen atoms in total. The van der Waals surface area contributed by atoms with Crippen molar-refractivity contribution in [3.63, 3.8) is 0 Å². The summed E-state index contributed by atoms with van der Waals surface area (Å²) < 4.78 is 24.0. The minimum Gasteiger partial charge on any atom is -0.497 e. The molecule has 0 aliphatic heterocycles. The summed E-state index contributed by atoms with van der Waals surface area (Å²) in [5, 5.41) is 8.65. The van der Waals surface area contributed by atoms with Gasteiger partial charge in [-0.1, -0.05) is 0 Å². The second kappa shape index (κ2) is 5.93. The average molecular weight is 272 g/mol. The summed E-state index contributed by atoms with van der Waals surface area (Å²) in [6.45, 7) is 0.229. The van der Waals surface area contributed by atoms with Crippen LogP contribution in [0.2, 0.25) is 0 Å². The van der Waals surface area contributed by atoms with Crippen LogP contribution in [-0.4, -0.2) is 7.11 Å². The first-order chi connectivity index (χ1) is 9.62. The Bertz CT molecular complexity index is 665. The number of nitriles is 1. The van der Waals surface area contributed by atoms with Gasteiger partial charge in [-0.15, -0.1) is 0 Å². The lowest BCUT2D eigenvalue weighted by molar-refractivity contribution is 0.303. The topological polar surface area (TPSA) is 68.3 Å². The van der Waals surface area contributed by atoms with Gasteiger partial charge in [-0.25, -0.2) is 4.39 Å². The number of methoxy groups -OCH3 is 1. The molecule has 0 aliphatic carbocycles. The number of rotatable bonds is 4. The molecule has 0 radical (unpaired) electrons. The van der Waals surface area contributed by atoms with Gasteiger partial charge in [0.1, 0.15) is 30.0 Å². The third-order valence-corrected chi connectivity index (χ3v) is 2.69. The second-order valence-corrected chi connectivity index (χ2v) is 4.16. The van der Waals surface area contributed by atoms with Crippen LogP contribution in [0.5, 0.6) is 11.5 Å². The first-order valence-electron chi connectivity index (χ1n) is 5.88. The van der Waals surface area contributed by atoms with Gasteiger partial charge in [0.25, 0.3) is 0 Å². The third-order valence-electron chi connectivity index (χ3n) is 2.69. The molecule has 2 aromatic rings. The van der Waals surface area contributed by atoms with E-state index in [4.69, 9.17) is 20.5 Å². The fourth-order valence-corrected chi connectivity index (χ4v) is 1.73. The number of hydrogen-bond donors (Lipinski definition) is 1. The van der Waals surface area contributed by atoms with Gasteiger partial charge in [0.15, 0.2) is 0 Å². The molecule has 0 heterocycles. The van der Waals surface area contributed by atoms with Crippen molar-refractivity contribution in [1.29, 1.82) is 5.26 Å². The summed E-state index contributed by atoms with van der Waals surface area (Å²) >= 11 is 0. The Morgan fingerprint density at radius 1 is 1.20 bits per heavy atom. The molecule has 5 heteroatoms. The van der Waals surface area contributed by atoms with Crippen LogP contribution in [0, 0.1) is 17.1 Å². The zero-order valence-electron chi connectivity index (χ0n) is 10.9. The molecule has 2 N–H and O–H groups in total. The largest absolute Gasteiger partial charge is 0.497 e. The predicted molar refractivity (Wildman–Crippen MR) is 72.9 cm³/mol. The molecule has 0 aliphatic rings. The Morgan fingerprint density at radius 3 is 2.65 bits per heavy atom. The molecular weight excluding hydrogens is 259 g/mol. The van der Waals surface area contributed by atoms with Crippen LogP contribution < -0.4 is 15.2 Å². The molecule has 0 amide bonds. The SMILES string of the molecule is COc1cc(N)cc(COc2ccc(C#N)c(F)c2)c1. The predicted octanol–water partition coefficient (Wildman–Crippen LogP) is 2.87. The molecule has 0 saturated carbocycles. The van der Waals surface area contributed by atoms with Gasteiger partial charge < -0.3 is 15.2 Å². The number of hydrogen-bond acceptors (Lipinski definition) is 4. The van der Waals surface area contributed by atoms with Crippen molar-refractivity contribution >= 4 is 5.69 Å². The fraction of sp³-hybridized carbons (Fsp3) is 0.133. The fourth-order valence-electron chi connectivity index (χ4n) is 1.73. The molecule has 0 atom stereocenters. The summed E-state index contributed by atoms with van der Waals surface area (Å²) in [6.07, 6.45) is 0. The molecule has 0 saturated heterocycles. The minimum atomic E-state index is -0.602. The second-order valence-electron chi connectivity index (χ2n) is 4.16. The maximum Gasteiger partial charge on any atom is 0.144 e. The van der Waals surface area contributed by atoms with Gasteiger partial charge in [0, 0.05) is 17.8 Å². The van der Waals surface area contributed by atoms with E-state index >= 15 is 0 Å². The first kappa shape index (κ1) is 13.7. The summed E-state index contributed by atoms with van der Waals surface area (Å²) in [7, 11) is 1.55. The van der Waals surface area contributed by atoms with Crippen LogP contribution in [0.15, 0.2) is 36.4 Å². The van der Waals surface area contributed by atoms with Gasteiger partial charge in [-0.05, 0) is 29.8 Å². The van der Waals surface area contributed by atoms with E-state index in [9.17, 15) is 4.39 Å². The highest BCUT2D eigenvalue weighted by molar-refractivity contribution is 5.47. The summed E-state index contributed by atoms with van der Waals surface area (Å²) in [5.74, 6) is 0.382. The Kier molecular flexibility index (Phi) is 4.06. The van der Waals surface area contributed by atoms with Crippen LogP contribution in [0.25, 0.3) is 0 Å². The zero-order chi connectivity index (χ0) is 14.5. The Labute approximate surface area is 116 Å². The molecule has 0 aromatic heterocycles. The van der Waals surface area contributed by atoms with E-state index in [1.54, 1.807) is 37.4 Å². The highest BCUT2D eigenvalue weighted by Crippen LogP contribution is 2.21. The van der Waals surface area contributed by atoms with Crippen molar-refractivity contribution < 1.29 is 13.9 Å². The molecule has 0 bridgehead atoms. The Balaban J connectivity index is 2.11. The van der Waals surface area contributed by atoms with Crippen LogP contribution in [-0.2, 0) is 6.61 Å². The van der Waals surface area contributed by atoms with Gasteiger partial charge in [0.05, 0.1) is 12.7 Å². The van der Waals surface area contributed by atoms with Crippen molar-refractivity contribution in [2.45, 2.75) is 6.61 Å². The number of nitrogens with two attached hydrogens (primary N) is 1. The van der Waals surface area contributed by atoms with E-state index in [2.05, 4.69) is 0 Å². The molecule has 102 valence electrons. The Morgan fingerprint density at radius 2 is 2.00 bits per heavy atom. The van der Waals surface area contributed by atoms with Gasteiger partial charge in [-0.2, -0.15) is 5.26 Å². The highest BCUT2D eigenvalue weighted by Gasteiger charge is 2.05. The average Bonchev–Trinajstić information content (AvgIpc) is 2.44. The van der Waals surface area contributed by atoms with Crippen molar-refractivity contribution in [3.05, 3.63) is 53.3 Å². The van der Waals surface area contributed by atoms with Crippen molar-refractivity contribution in [2.75, 3.05) is 12.8 Å². The number of benzene rings is 2. The number of ether oxygens (including phenoxy) is 2. The Hall–Kier alpha value is -2.74. The molecule has 0 spiro atoms. The highest BCUT2D eigenvalue weighted by atomic mass is 19.1. The lowest BCUT2D eigenvalue weighted by Crippen LogP contribution is -1.99. The first-order valence-corrected chi connectivity index (χ1v) is 5.88. The molecule has 0 unspecified atom stereocenters. The number of nitrogens with zero attached hydrogens (tertiary/aromatic N) is 1. The van der Waals surface area contributed by atoms with Crippen LogP contribution >= 0.6 is 0 Å². The maximum atomic E-state index is 13.4. The van der Waals surface area contributed by atoms with Crippen molar-refractivity contribution in [1.82, 2.24) is 0 Å². The van der Waals surface area contributed by atoms with E-state index in [0.717, 1.165) is 5.56 Å². The minimum absolute atomic E-state index is 0.0111. The van der Waals surface area contributed by atoms with E-state index in [1.165, 1.54) is 12.1 Å². The number of halogens is 1. The summed E-state index contributed by atoms with van der Waals surface area (Å²) in [6, 6.07) is 11.1. The van der Waals surface area contributed by atoms with Crippen LogP contribution in [0.4, 0.5) is 10.1 Å². The standard InChI is InChI=1S/C15H13FN2O2/c1-19-14-5-10(4-12(18)6-14)9-20-13-3-2-11(8-17)15(16)7-13/h2-7H,9,18H2,1H3. The van der Waals surface area contributed by atoms with Crippen LogP contribution in [0.3, 0.4) is 0 Å². The van der Waals surface area contributed by atoms with Gasteiger partial charge in [-0.3, -0.25) is 0 Å². The van der Waals surface area contributed by atoms with Gasteiger partial charge >= 0.3 is 0 Å². The summed E-state index contributed by atoms with van der Waals surface area (Å²) in [4.78, 5) is 0. The molecule has 2 aromatic carbocycles. The van der Waals surface area contributed by atoms with Crippen molar-refractivity contribution in [3.8, 4) is 17.6 Å². The van der Waals surface area contributed by atoms with E-state index in [0.29, 0.717) is 17.2 Å². The lowest BCUT2D eigenvalue weighted by Gasteiger charge is -2.09. The molecular formula is C15H13FN2O2. The monoisotopic (exact) mass is 272 g/mol. The molecule has 20 heavy (non-hydrogen) atoms. The van der Waals surface area contributed by atoms with Crippen molar-refractivity contribution in [2.24, 2.45) is 0 Å². The number of nitrogen functional groups attached to an aromatic ring is 1. The third kappa shape index (κ3) is 3.18.